The first-order valence-electron chi connectivity index (χ1n) is 5.15. The van der Waals surface area contributed by atoms with Crippen molar-refractivity contribution in [3.05, 3.63) is 29.8 Å². The maximum Gasteiger partial charge on any atom is 0.369 e. The fourth-order valence-corrected chi connectivity index (χ4v) is 1.06. The molecule has 1 rings (SSSR count). The summed E-state index contributed by atoms with van der Waals surface area (Å²) in [5.41, 5.74) is 4.15. The van der Waals surface area contributed by atoms with E-state index in [9.17, 15) is 4.79 Å². The van der Waals surface area contributed by atoms with Crippen molar-refractivity contribution in [1.82, 2.24) is 0 Å². The fraction of sp³-hybridized carbons (Fsp3) is 0.250. The Morgan fingerprint density at radius 2 is 2.12 bits per heavy atom. The molecule has 5 nitrogen and oxygen atoms in total. The van der Waals surface area contributed by atoms with Gasteiger partial charge in [0, 0.05) is 0 Å². The van der Waals surface area contributed by atoms with Gasteiger partial charge in [0.25, 0.3) is 0 Å². The van der Waals surface area contributed by atoms with Crippen molar-refractivity contribution >= 4 is 17.4 Å². The minimum atomic E-state index is -0.727. The molecule has 0 saturated carbocycles. The molecule has 1 aromatic carbocycles. The Morgan fingerprint density at radius 1 is 1.47 bits per heavy atom. The Balaban J connectivity index is 2.71. The highest BCUT2D eigenvalue weighted by Crippen LogP contribution is 2.08. The predicted octanol–water partition coefficient (Wildman–Crippen LogP) is 1.85. The molecule has 0 aromatic heterocycles. The van der Waals surface area contributed by atoms with Gasteiger partial charge in [-0.3, -0.25) is 5.43 Å². The summed E-state index contributed by atoms with van der Waals surface area (Å²) < 4.78 is 4.67. The predicted molar refractivity (Wildman–Crippen MR) is 64.5 cm³/mol. The third-order valence-electron chi connectivity index (χ3n) is 1.92. The quantitative estimate of drug-likeness (QED) is 0.487. The summed E-state index contributed by atoms with van der Waals surface area (Å²) in [6, 6.07) is 9.08. The van der Waals surface area contributed by atoms with Gasteiger partial charge in [0.2, 0.25) is 5.71 Å². The molecule has 17 heavy (non-hydrogen) atoms. The highest BCUT2D eigenvalue weighted by molar-refractivity contribution is 6.43. The molecule has 0 aliphatic carbocycles. The number of esters is 1. The zero-order valence-electron chi connectivity index (χ0n) is 9.73. The molecular formula is C12H13N3O2. The third-order valence-corrected chi connectivity index (χ3v) is 1.92. The van der Waals surface area contributed by atoms with Gasteiger partial charge in [0.1, 0.15) is 6.07 Å². The number of nitrogens with zero attached hydrogens (tertiary/aromatic N) is 2. The molecule has 0 aliphatic rings. The van der Waals surface area contributed by atoms with E-state index >= 15 is 0 Å². The molecule has 0 radical (unpaired) electrons. The molecule has 88 valence electrons. The SMILES string of the molecule is CCOC(=O)C(C#N)=NNc1ccc(C)cc1. The lowest BCUT2D eigenvalue weighted by molar-refractivity contribution is -0.134. The van der Waals surface area contributed by atoms with Gasteiger partial charge in [-0.05, 0) is 26.0 Å². The Hall–Kier alpha value is -2.35. The zero-order chi connectivity index (χ0) is 12.7. The zero-order valence-corrected chi connectivity index (χ0v) is 9.73. The van der Waals surface area contributed by atoms with Crippen molar-refractivity contribution in [2.24, 2.45) is 5.10 Å². The number of hydrogen-bond acceptors (Lipinski definition) is 5. The van der Waals surface area contributed by atoms with Crippen molar-refractivity contribution in [3.63, 3.8) is 0 Å². The third kappa shape index (κ3) is 3.95. The maximum absolute atomic E-state index is 11.2. The van der Waals surface area contributed by atoms with Gasteiger partial charge in [-0.25, -0.2) is 4.79 Å². The standard InChI is InChI=1S/C12H13N3O2/c1-3-17-12(16)11(8-13)15-14-10-6-4-9(2)5-7-10/h4-7,14H,3H2,1-2H3. The minimum absolute atomic E-state index is 0.212. The number of hydrogen-bond donors (Lipinski definition) is 1. The van der Waals surface area contributed by atoms with E-state index in [1.165, 1.54) is 0 Å². The van der Waals surface area contributed by atoms with Crippen LogP contribution in [0.2, 0.25) is 0 Å². The second-order valence-corrected chi connectivity index (χ2v) is 3.27. The van der Waals surface area contributed by atoms with E-state index in [0.717, 1.165) is 5.56 Å². The topological polar surface area (TPSA) is 74.5 Å². The number of carbonyl (C=O) groups excluding carboxylic acids is 1. The van der Waals surface area contributed by atoms with E-state index in [4.69, 9.17) is 5.26 Å². The van der Waals surface area contributed by atoms with Gasteiger partial charge in [-0.1, -0.05) is 17.7 Å². The maximum atomic E-state index is 11.2. The van der Waals surface area contributed by atoms with Crippen molar-refractivity contribution in [1.29, 1.82) is 5.26 Å². The Kier molecular flexibility index (Phi) is 4.70. The van der Waals surface area contributed by atoms with Crippen LogP contribution in [0.4, 0.5) is 5.69 Å². The van der Waals surface area contributed by atoms with Gasteiger partial charge >= 0.3 is 5.97 Å². The lowest BCUT2D eigenvalue weighted by Crippen LogP contribution is -2.17. The number of carbonyl (C=O) groups is 1. The average molecular weight is 231 g/mol. The van der Waals surface area contributed by atoms with Crippen LogP contribution >= 0.6 is 0 Å². The first kappa shape index (κ1) is 12.7. The highest BCUT2D eigenvalue weighted by atomic mass is 16.5. The van der Waals surface area contributed by atoms with Crippen LogP contribution in [-0.4, -0.2) is 18.3 Å². The summed E-state index contributed by atoms with van der Waals surface area (Å²) in [4.78, 5) is 11.2. The number of rotatable bonds is 4. The van der Waals surface area contributed by atoms with Crippen LogP contribution in [0.1, 0.15) is 12.5 Å². The first-order valence-corrected chi connectivity index (χ1v) is 5.15. The molecule has 0 fully saturated rings. The monoisotopic (exact) mass is 231 g/mol. The van der Waals surface area contributed by atoms with Crippen LogP contribution in [-0.2, 0) is 9.53 Å². The van der Waals surface area contributed by atoms with E-state index in [-0.39, 0.29) is 12.3 Å². The van der Waals surface area contributed by atoms with Crippen LogP contribution < -0.4 is 5.43 Å². The Morgan fingerprint density at radius 3 is 2.65 bits per heavy atom. The average Bonchev–Trinajstić information content (AvgIpc) is 2.32. The molecule has 0 saturated heterocycles. The largest absolute Gasteiger partial charge is 0.461 e. The number of anilines is 1. The summed E-state index contributed by atoms with van der Waals surface area (Å²) in [6.45, 7) is 3.84. The van der Waals surface area contributed by atoms with E-state index in [1.54, 1.807) is 25.1 Å². The van der Waals surface area contributed by atoms with E-state index in [2.05, 4.69) is 15.3 Å². The molecule has 0 unspecified atom stereocenters. The molecule has 0 heterocycles. The summed E-state index contributed by atoms with van der Waals surface area (Å²) in [7, 11) is 0. The lowest BCUT2D eigenvalue weighted by Gasteiger charge is -2.02. The number of hydrazone groups is 1. The lowest BCUT2D eigenvalue weighted by atomic mass is 10.2. The van der Waals surface area contributed by atoms with Crippen LogP contribution in [0.25, 0.3) is 0 Å². The van der Waals surface area contributed by atoms with Crippen molar-refractivity contribution in [2.45, 2.75) is 13.8 Å². The summed E-state index contributed by atoms with van der Waals surface area (Å²) in [6.07, 6.45) is 0. The number of benzene rings is 1. The number of ether oxygens (including phenoxy) is 1. The number of nitrogens with one attached hydrogen (secondary N) is 1. The van der Waals surface area contributed by atoms with Crippen LogP contribution in [0.5, 0.6) is 0 Å². The Labute approximate surface area is 99.7 Å². The molecule has 1 N–H and O–H groups in total. The van der Waals surface area contributed by atoms with Gasteiger partial charge in [0.15, 0.2) is 0 Å². The molecule has 0 amide bonds. The van der Waals surface area contributed by atoms with Gasteiger partial charge in [-0.15, -0.1) is 0 Å². The van der Waals surface area contributed by atoms with Gasteiger partial charge < -0.3 is 4.74 Å². The van der Waals surface area contributed by atoms with E-state index < -0.39 is 5.97 Å². The number of aryl methyl sites for hydroxylation is 1. The molecule has 0 bridgehead atoms. The summed E-state index contributed by atoms with van der Waals surface area (Å²) in [5.74, 6) is -0.727. The molecule has 5 heteroatoms. The van der Waals surface area contributed by atoms with Crippen molar-refractivity contribution < 1.29 is 9.53 Å². The Bertz CT molecular complexity index is 458. The van der Waals surface area contributed by atoms with Crippen molar-refractivity contribution in [2.75, 3.05) is 12.0 Å². The van der Waals surface area contributed by atoms with E-state index in [0.29, 0.717) is 5.69 Å². The van der Waals surface area contributed by atoms with Crippen LogP contribution in [0.15, 0.2) is 29.4 Å². The molecular weight excluding hydrogens is 218 g/mol. The van der Waals surface area contributed by atoms with E-state index in [1.807, 2.05) is 19.1 Å². The second kappa shape index (κ2) is 6.28. The normalized spacial score (nSPS) is 10.5. The molecule has 1 aromatic rings. The highest BCUT2D eigenvalue weighted by Gasteiger charge is 2.11. The second-order valence-electron chi connectivity index (χ2n) is 3.27. The van der Waals surface area contributed by atoms with Crippen LogP contribution in [0, 0.1) is 18.3 Å². The molecule has 0 spiro atoms. The summed E-state index contributed by atoms with van der Waals surface area (Å²) >= 11 is 0. The molecule has 0 aliphatic heterocycles. The van der Waals surface area contributed by atoms with Crippen molar-refractivity contribution in [3.8, 4) is 6.07 Å². The fourth-order valence-electron chi connectivity index (χ4n) is 1.06. The van der Waals surface area contributed by atoms with Crippen LogP contribution in [0.3, 0.4) is 0 Å². The summed E-state index contributed by atoms with van der Waals surface area (Å²) in [5, 5.41) is 12.4. The smallest absolute Gasteiger partial charge is 0.369 e. The first-order chi connectivity index (χ1) is 8.17. The number of nitriles is 1. The minimum Gasteiger partial charge on any atom is -0.461 e. The molecule has 0 atom stereocenters. The van der Waals surface area contributed by atoms with Gasteiger partial charge in [-0.2, -0.15) is 10.4 Å². The van der Waals surface area contributed by atoms with Gasteiger partial charge in [0.05, 0.1) is 12.3 Å².